The van der Waals surface area contributed by atoms with Crippen LogP contribution in [0.4, 0.5) is 0 Å². The summed E-state index contributed by atoms with van der Waals surface area (Å²) in [6.45, 7) is 1.87. The first kappa shape index (κ1) is 11.5. The number of aryl methyl sites for hydroxylation is 2. The summed E-state index contributed by atoms with van der Waals surface area (Å²) in [5.41, 5.74) is 2.25. The number of hydrogen-bond acceptors (Lipinski definition) is 5. The fourth-order valence-electron chi connectivity index (χ4n) is 1.52. The summed E-state index contributed by atoms with van der Waals surface area (Å²) in [5, 5.41) is 14.7. The first-order valence-electron chi connectivity index (χ1n) is 4.73. The Hall–Kier alpha value is -0.980. The summed E-state index contributed by atoms with van der Waals surface area (Å²) in [4.78, 5) is 0. The van der Waals surface area contributed by atoms with Gasteiger partial charge in [-0.3, -0.25) is 4.68 Å². The molecule has 2 heterocycles. The Morgan fingerprint density at radius 3 is 2.88 bits per heavy atom. The summed E-state index contributed by atoms with van der Waals surface area (Å²) in [6, 6.07) is 0. The Morgan fingerprint density at radius 2 is 2.38 bits per heavy atom. The molecule has 0 saturated heterocycles. The molecule has 0 fully saturated rings. The number of hydrogen-bond donors (Lipinski definition) is 1. The molecule has 16 heavy (non-hydrogen) atoms. The molecule has 0 saturated carbocycles. The third-order valence-electron chi connectivity index (χ3n) is 2.39. The van der Waals surface area contributed by atoms with Gasteiger partial charge < -0.3 is 5.11 Å². The van der Waals surface area contributed by atoms with Crippen LogP contribution in [0, 0.1) is 6.92 Å². The molecule has 2 aromatic heterocycles. The van der Waals surface area contributed by atoms with Crippen molar-refractivity contribution in [2.45, 2.75) is 19.4 Å². The minimum atomic E-state index is -0.681. The van der Waals surface area contributed by atoms with Crippen LogP contribution in [0.25, 0.3) is 0 Å². The summed E-state index contributed by atoms with van der Waals surface area (Å²) in [5.74, 6) is 0. The highest BCUT2D eigenvalue weighted by molar-refractivity contribution is 6.99. The molecule has 1 atom stereocenters. The average molecular weight is 259 g/mol. The van der Waals surface area contributed by atoms with E-state index in [0.29, 0.717) is 17.3 Å². The second kappa shape index (κ2) is 4.48. The largest absolute Gasteiger partial charge is 0.386 e. The lowest BCUT2D eigenvalue weighted by Crippen LogP contribution is -2.03. The molecule has 7 heteroatoms. The van der Waals surface area contributed by atoms with E-state index >= 15 is 0 Å². The van der Waals surface area contributed by atoms with Gasteiger partial charge in [-0.15, -0.1) is 0 Å². The molecule has 0 aliphatic rings. The minimum absolute atomic E-state index is 0.407. The molecule has 0 aliphatic heterocycles. The maximum atomic E-state index is 9.93. The van der Waals surface area contributed by atoms with Crippen LogP contribution in [0.2, 0.25) is 5.15 Å². The minimum Gasteiger partial charge on any atom is -0.386 e. The van der Waals surface area contributed by atoms with Crippen molar-refractivity contribution >= 4 is 23.3 Å². The van der Waals surface area contributed by atoms with Gasteiger partial charge in [0.25, 0.3) is 0 Å². The van der Waals surface area contributed by atoms with Crippen molar-refractivity contribution in [3.63, 3.8) is 0 Å². The van der Waals surface area contributed by atoms with Gasteiger partial charge >= 0.3 is 0 Å². The van der Waals surface area contributed by atoms with Crippen LogP contribution >= 0.6 is 23.3 Å². The van der Waals surface area contributed by atoms with E-state index < -0.39 is 6.10 Å². The van der Waals surface area contributed by atoms with Crippen molar-refractivity contribution < 1.29 is 5.11 Å². The van der Waals surface area contributed by atoms with Gasteiger partial charge in [0, 0.05) is 19.0 Å². The first-order chi connectivity index (χ1) is 7.59. The second-order valence-electron chi connectivity index (χ2n) is 3.53. The van der Waals surface area contributed by atoms with Crippen LogP contribution < -0.4 is 0 Å². The van der Waals surface area contributed by atoms with Gasteiger partial charge in [0.2, 0.25) is 0 Å². The van der Waals surface area contributed by atoms with E-state index in [4.69, 9.17) is 11.6 Å². The van der Waals surface area contributed by atoms with E-state index in [-0.39, 0.29) is 0 Å². The average Bonchev–Trinajstić information content (AvgIpc) is 2.83. The number of aromatic nitrogens is 4. The lowest BCUT2D eigenvalue weighted by atomic mass is 10.1. The summed E-state index contributed by atoms with van der Waals surface area (Å²) >= 11 is 7.15. The highest BCUT2D eigenvalue weighted by atomic mass is 35.5. The van der Waals surface area contributed by atoms with Crippen LogP contribution in [0.15, 0.2) is 6.20 Å². The van der Waals surface area contributed by atoms with Crippen molar-refractivity contribution in [3.8, 4) is 0 Å². The molecule has 0 radical (unpaired) electrons. The maximum Gasteiger partial charge on any atom is 0.130 e. The van der Waals surface area contributed by atoms with E-state index in [2.05, 4.69) is 13.8 Å². The molecular weight excluding hydrogens is 248 g/mol. The summed E-state index contributed by atoms with van der Waals surface area (Å²) < 4.78 is 9.44. The Morgan fingerprint density at radius 1 is 1.62 bits per heavy atom. The Labute approximate surface area is 102 Å². The second-order valence-corrected chi connectivity index (χ2v) is 4.45. The third kappa shape index (κ3) is 2.09. The van der Waals surface area contributed by atoms with Crippen molar-refractivity contribution in [1.29, 1.82) is 0 Å². The van der Waals surface area contributed by atoms with E-state index in [1.54, 1.807) is 17.9 Å². The van der Waals surface area contributed by atoms with E-state index in [0.717, 1.165) is 23.0 Å². The number of aliphatic hydroxyl groups excluding tert-OH is 1. The van der Waals surface area contributed by atoms with E-state index in [1.165, 1.54) is 0 Å². The van der Waals surface area contributed by atoms with Crippen molar-refractivity contribution in [1.82, 2.24) is 18.5 Å². The number of halogens is 1. The molecule has 0 spiro atoms. The molecule has 0 aromatic carbocycles. The molecule has 2 rings (SSSR count). The topological polar surface area (TPSA) is 63.8 Å². The molecule has 2 aromatic rings. The predicted octanol–water partition coefficient (Wildman–Crippen LogP) is 1.51. The molecule has 0 amide bonds. The lowest BCUT2D eigenvalue weighted by Gasteiger charge is -2.06. The zero-order chi connectivity index (χ0) is 11.7. The van der Waals surface area contributed by atoms with Gasteiger partial charge in [-0.25, -0.2) is 0 Å². The number of rotatable bonds is 3. The molecule has 1 unspecified atom stereocenters. The van der Waals surface area contributed by atoms with Crippen molar-refractivity contribution in [3.05, 3.63) is 28.3 Å². The van der Waals surface area contributed by atoms with Crippen LogP contribution in [0.3, 0.4) is 0 Å². The standard InChI is InChI=1S/C9H11ClN4OS/c1-5-6(9(10)14(2)12-5)3-8(15)7-4-11-16-13-7/h4,8,15H,3H2,1-2H3. The molecule has 1 N–H and O–H groups in total. The normalized spacial score (nSPS) is 13.0. The van der Waals surface area contributed by atoms with Crippen LogP contribution in [-0.4, -0.2) is 23.6 Å². The highest BCUT2D eigenvalue weighted by Crippen LogP contribution is 2.24. The highest BCUT2D eigenvalue weighted by Gasteiger charge is 2.18. The van der Waals surface area contributed by atoms with E-state index in [1.807, 2.05) is 6.92 Å². The quantitative estimate of drug-likeness (QED) is 0.906. The van der Waals surface area contributed by atoms with Crippen molar-refractivity contribution in [2.24, 2.45) is 7.05 Å². The SMILES string of the molecule is Cc1nn(C)c(Cl)c1CC(O)c1cnsn1. The smallest absolute Gasteiger partial charge is 0.130 e. The van der Waals surface area contributed by atoms with Crippen LogP contribution in [0.5, 0.6) is 0 Å². The van der Waals surface area contributed by atoms with E-state index in [9.17, 15) is 5.11 Å². The monoisotopic (exact) mass is 258 g/mol. The Bertz CT molecular complexity index is 482. The fourth-order valence-corrected chi connectivity index (χ4v) is 2.24. The molecule has 0 bridgehead atoms. The van der Waals surface area contributed by atoms with Gasteiger partial charge in [0.15, 0.2) is 0 Å². The summed E-state index contributed by atoms with van der Waals surface area (Å²) in [7, 11) is 1.77. The predicted molar refractivity (Wildman–Crippen MR) is 61.5 cm³/mol. The Kier molecular flexibility index (Phi) is 3.22. The summed E-state index contributed by atoms with van der Waals surface area (Å²) in [6.07, 6.45) is 1.29. The molecule has 5 nitrogen and oxygen atoms in total. The Balaban J connectivity index is 2.21. The van der Waals surface area contributed by atoms with Crippen LogP contribution in [0.1, 0.15) is 23.1 Å². The van der Waals surface area contributed by atoms with Gasteiger partial charge in [0.1, 0.15) is 17.0 Å². The molecule has 0 aliphatic carbocycles. The van der Waals surface area contributed by atoms with Gasteiger partial charge in [-0.2, -0.15) is 13.8 Å². The maximum absolute atomic E-state index is 9.93. The van der Waals surface area contributed by atoms with Crippen molar-refractivity contribution in [2.75, 3.05) is 0 Å². The van der Waals surface area contributed by atoms with Crippen LogP contribution in [-0.2, 0) is 13.5 Å². The molecule has 86 valence electrons. The molecular formula is C9H11ClN4OS. The first-order valence-corrected chi connectivity index (χ1v) is 5.84. The fraction of sp³-hybridized carbons (Fsp3) is 0.444. The number of aliphatic hydroxyl groups is 1. The lowest BCUT2D eigenvalue weighted by molar-refractivity contribution is 0.174. The third-order valence-corrected chi connectivity index (χ3v) is 3.35. The number of nitrogens with zero attached hydrogens (tertiary/aromatic N) is 4. The zero-order valence-electron chi connectivity index (χ0n) is 8.88. The zero-order valence-corrected chi connectivity index (χ0v) is 10.5. The van der Waals surface area contributed by atoms with Gasteiger partial charge in [-0.05, 0) is 6.92 Å². The van der Waals surface area contributed by atoms with Gasteiger partial charge in [0.05, 0.1) is 23.6 Å². The van der Waals surface area contributed by atoms with Gasteiger partial charge in [-0.1, -0.05) is 11.6 Å².